The number of nitrogens with one attached hydrogen (secondary N) is 1. The van der Waals surface area contributed by atoms with E-state index >= 15 is 0 Å². The minimum atomic E-state index is -0.286. The van der Waals surface area contributed by atoms with E-state index < -0.39 is 0 Å². The van der Waals surface area contributed by atoms with Gasteiger partial charge in [-0.15, -0.1) is 0 Å². The van der Waals surface area contributed by atoms with Gasteiger partial charge in [0.05, 0.1) is 6.10 Å². The molecule has 0 fully saturated rings. The van der Waals surface area contributed by atoms with Gasteiger partial charge in [-0.1, -0.05) is 19.1 Å². The van der Waals surface area contributed by atoms with Gasteiger partial charge in [-0.25, -0.2) is 0 Å². The Hall–Kier alpha value is -1.55. The van der Waals surface area contributed by atoms with E-state index in [-0.39, 0.29) is 24.2 Å². The van der Waals surface area contributed by atoms with Gasteiger partial charge in [-0.2, -0.15) is 0 Å². The highest BCUT2D eigenvalue weighted by molar-refractivity contribution is 5.78. The lowest BCUT2D eigenvalue weighted by Crippen LogP contribution is -2.44. The van der Waals surface area contributed by atoms with Crippen molar-refractivity contribution in [2.75, 3.05) is 6.61 Å². The maximum Gasteiger partial charge on any atom is 0.258 e. The van der Waals surface area contributed by atoms with E-state index in [1.807, 2.05) is 45.0 Å². The topological polar surface area (TPSA) is 58.6 Å². The van der Waals surface area contributed by atoms with Crippen LogP contribution in [0.1, 0.15) is 46.1 Å². The average Bonchev–Trinajstić information content (AvgIpc) is 2.43. The van der Waals surface area contributed by atoms with E-state index in [0.29, 0.717) is 5.75 Å². The number of rotatable bonds is 8. The molecule has 0 saturated heterocycles. The van der Waals surface area contributed by atoms with Gasteiger partial charge >= 0.3 is 0 Å². The molecule has 1 aromatic rings. The number of benzene rings is 1. The van der Waals surface area contributed by atoms with Crippen molar-refractivity contribution in [3.05, 3.63) is 29.8 Å². The van der Waals surface area contributed by atoms with Gasteiger partial charge in [-0.3, -0.25) is 4.79 Å². The number of hydrogen-bond donors (Lipinski definition) is 2. The lowest BCUT2D eigenvalue weighted by atomic mass is 10.0. The van der Waals surface area contributed by atoms with Gasteiger partial charge in [0.15, 0.2) is 6.61 Å². The average molecular weight is 293 g/mol. The zero-order valence-corrected chi connectivity index (χ0v) is 13.5. The van der Waals surface area contributed by atoms with Crippen molar-refractivity contribution < 1.29 is 14.6 Å². The molecule has 0 radical (unpaired) electrons. The molecule has 4 heteroatoms. The van der Waals surface area contributed by atoms with Crippen molar-refractivity contribution in [3.63, 3.8) is 0 Å². The van der Waals surface area contributed by atoms with E-state index in [0.717, 1.165) is 24.8 Å². The van der Waals surface area contributed by atoms with Crippen LogP contribution in [0.25, 0.3) is 0 Å². The SMILES string of the molecule is CCC(C)(C)NC(=O)COc1ccc(CCC(C)O)cc1. The summed E-state index contributed by atoms with van der Waals surface area (Å²) in [5.74, 6) is 0.570. The van der Waals surface area contributed by atoms with E-state index in [1.54, 1.807) is 6.92 Å². The number of aryl methyl sites for hydroxylation is 1. The molecule has 0 aromatic heterocycles. The smallest absolute Gasteiger partial charge is 0.258 e. The predicted octanol–water partition coefficient (Wildman–Crippen LogP) is 2.68. The van der Waals surface area contributed by atoms with Gasteiger partial charge in [0.2, 0.25) is 0 Å². The van der Waals surface area contributed by atoms with Crippen LogP contribution in [0.2, 0.25) is 0 Å². The summed E-state index contributed by atoms with van der Waals surface area (Å²) in [6, 6.07) is 7.64. The number of hydrogen-bond acceptors (Lipinski definition) is 3. The van der Waals surface area contributed by atoms with Gasteiger partial charge in [-0.05, 0) is 57.7 Å². The van der Waals surface area contributed by atoms with Crippen molar-refractivity contribution >= 4 is 5.91 Å². The minimum absolute atomic E-state index is 0.0243. The minimum Gasteiger partial charge on any atom is -0.484 e. The third-order valence-corrected chi connectivity index (χ3v) is 3.51. The molecule has 0 bridgehead atoms. The Labute approximate surface area is 127 Å². The molecule has 0 spiro atoms. The first kappa shape index (κ1) is 17.5. The fourth-order valence-electron chi connectivity index (χ4n) is 1.78. The molecule has 21 heavy (non-hydrogen) atoms. The van der Waals surface area contributed by atoms with Crippen LogP contribution in [0, 0.1) is 0 Å². The zero-order valence-electron chi connectivity index (χ0n) is 13.5. The van der Waals surface area contributed by atoms with Crippen molar-refractivity contribution in [2.45, 2.75) is 58.6 Å². The quantitative estimate of drug-likeness (QED) is 0.775. The van der Waals surface area contributed by atoms with Crippen LogP contribution in [0.5, 0.6) is 5.75 Å². The van der Waals surface area contributed by atoms with Gasteiger partial charge in [0, 0.05) is 5.54 Å². The first-order chi connectivity index (χ1) is 9.82. The van der Waals surface area contributed by atoms with Crippen LogP contribution in [0.3, 0.4) is 0 Å². The molecule has 2 N–H and O–H groups in total. The monoisotopic (exact) mass is 293 g/mol. The number of aliphatic hydroxyl groups is 1. The Morgan fingerprint density at radius 2 is 1.95 bits per heavy atom. The number of carbonyl (C=O) groups excluding carboxylic acids is 1. The van der Waals surface area contributed by atoms with Crippen LogP contribution < -0.4 is 10.1 Å². The number of ether oxygens (including phenoxy) is 1. The Morgan fingerprint density at radius 3 is 2.48 bits per heavy atom. The first-order valence-corrected chi connectivity index (χ1v) is 7.53. The summed E-state index contributed by atoms with van der Waals surface area (Å²) in [5, 5.41) is 12.2. The van der Waals surface area contributed by atoms with Crippen LogP contribution in [-0.2, 0) is 11.2 Å². The molecular formula is C17H27NO3. The molecule has 0 saturated carbocycles. The third kappa shape index (κ3) is 7.14. The Kier molecular flexibility index (Phi) is 6.69. The Morgan fingerprint density at radius 1 is 1.33 bits per heavy atom. The highest BCUT2D eigenvalue weighted by Gasteiger charge is 2.17. The molecule has 1 rings (SSSR count). The second kappa shape index (κ2) is 8.03. The summed E-state index contributed by atoms with van der Waals surface area (Å²) in [4.78, 5) is 11.8. The number of aliphatic hydroxyl groups excluding tert-OH is 1. The molecule has 1 atom stereocenters. The van der Waals surface area contributed by atoms with Crippen LogP contribution >= 0.6 is 0 Å². The third-order valence-electron chi connectivity index (χ3n) is 3.51. The summed E-state index contributed by atoms with van der Waals surface area (Å²) in [7, 11) is 0. The molecule has 1 unspecified atom stereocenters. The summed E-state index contributed by atoms with van der Waals surface area (Å²) in [5.41, 5.74) is 0.950. The molecule has 0 aliphatic rings. The summed E-state index contributed by atoms with van der Waals surface area (Å²) >= 11 is 0. The molecule has 118 valence electrons. The molecule has 0 heterocycles. The van der Waals surface area contributed by atoms with E-state index in [1.165, 1.54) is 0 Å². The molecule has 1 aromatic carbocycles. The number of carbonyl (C=O) groups is 1. The predicted molar refractivity (Wildman–Crippen MR) is 84.5 cm³/mol. The largest absolute Gasteiger partial charge is 0.484 e. The van der Waals surface area contributed by atoms with Gasteiger partial charge < -0.3 is 15.2 Å². The van der Waals surface area contributed by atoms with Crippen LogP contribution in [0.4, 0.5) is 0 Å². The Balaban J connectivity index is 2.40. The second-order valence-corrected chi connectivity index (χ2v) is 6.11. The van der Waals surface area contributed by atoms with Gasteiger partial charge in [0.25, 0.3) is 5.91 Å². The fourth-order valence-corrected chi connectivity index (χ4v) is 1.78. The van der Waals surface area contributed by atoms with Crippen molar-refractivity contribution in [2.24, 2.45) is 0 Å². The maximum absolute atomic E-state index is 11.8. The first-order valence-electron chi connectivity index (χ1n) is 7.53. The standard InChI is InChI=1S/C17H27NO3/c1-5-17(3,4)18-16(20)12-21-15-10-8-14(9-11-15)7-6-13(2)19/h8-11,13,19H,5-7,12H2,1-4H3,(H,18,20). The van der Waals surface area contributed by atoms with Gasteiger partial charge in [0.1, 0.15) is 5.75 Å². The van der Waals surface area contributed by atoms with Crippen molar-refractivity contribution in [1.29, 1.82) is 0 Å². The fraction of sp³-hybridized carbons (Fsp3) is 0.588. The van der Waals surface area contributed by atoms with E-state index in [2.05, 4.69) is 5.32 Å². The van der Waals surface area contributed by atoms with E-state index in [4.69, 9.17) is 4.74 Å². The maximum atomic E-state index is 11.8. The highest BCUT2D eigenvalue weighted by Crippen LogP contribution is 2.14. The van der Waals surface area contributed by atoms with Crippen LogP contribution in [0.15, 0.2) is 24.3 Å². The molecule has 0 aliphatic heterocycles. The summed E-state index contributed by atoms with van der Waals surface area (Å²) in [6.45, 7) is 7.82. The normalized spacial score (nSPS) is 12.8. The van der Waals surface area contributed by atoms with Crippen molar-refractivity contribution in [1.82, 2.24) is 5.32 Å². The Bertz CT molecular complexity index is 438. The van der Waals surface area contributed by atoms with E-state index in [9.17, 15) is 9.90 Å². The van der Waals surface area contributed by atoms with Crippen LogP contribution in [-0.4, -0.2) is 29.3 Å². The molecule has 4 nitrogen and oxygen atoms in total. The lowest BCUT2D eigenvalue weighted by molar-refractivity contribution is -0.124. The molecular weight excluding hydrogens is 266 g/mol. The number of amides is 1. The second-order valence-electron chi connectivity index (χ2n) is 6.11. The zero-order chi connectivity index (χ0) is 15.9. The molecule has 0 aliphatic carbocycles. The summed E-state index contributed by atoms with van der Waals surface area (Å²) < 4.78 is 5.48. The highest BCUT2D eigenvalue weighted by atomic mass is 16.5. The lowest BCUT2D eigenvalue weighted by Gasteiger charge is -2.24. The molecule has 1 amide bonds. The summed E-state index contributed by atoms with van der Waals surface area (Å²) in [6.07, 6.45) is 2.17. The van der Waals surface area contributed by atoms with Crippen molar-refractivity contribution in [3.8, 4) is 5.75 Å².